The van der Waals surface area contributed by atoms with Crippen molar-refractivity contribution >= 4 is 11.8 Å². The van der Waals surface area contributed by atoms with E-state index >= 15 is 0 Å². The molecule has 0 radical (unpaired) electrons. The van der Waals surface area contributed by atoms with Gasteiger partial charge >= 0.3 is 0 Å². The summed E-state index contributed by atoms with van der Waals surface area (Å²) in [5.74, 6) is 0. The van der Waals surface area contributed by atoms with Gasteiger partial charge in [-0.3, -0.25) is 0 Å². The second-order valence-electron chi connectivity index (χ2n) is 4.35. The van der Waals surface area contributed by atoms with Crippen molar-refractivity contribution in [3.63, 3.8) is 0 Å². The standard InChI is InChI=1S/C11H20N2S/c1-9(2)14-10-5-4-6-11(7-10,8-12)13-3/h9-10,13H,4-7H2,1-3H3. The first-order valence-electron chi connectivity index (χ1n) is 5.37. The Balaban J connectivity index is 2.55. The normalized spacial score (nSPS) is 32.9. The van der Waals surface area contributed by atoms with Crippen LogP contribution in [0.5, 0.6) is 0 Å². The molecule has 1 rings (SSSR count). The summed E-state index contributed by atoms with van der Waals surface area (Å²) in [6.07, 6.45) is 4.46. The third-order valence-corrected chi connectivity index (χ3v) is 4.19. The van der Waals surface area contributed by atoms with Crippen molar-refractivity contribution in [2.75, 3.05) is 7.05 Å². The zero-order valence-corrected chi connectivity index (χ0v) is 10.2. The molecular formula is C11H20N2S. The van der Waals surface area contributed by atoms with Crippen LogP contribution >= 0.6 is 11.8 Å². The Kier molecular flexibility index (Phi) is 4.28. The summed E-state index contributed by atoms with van der Waals surface area (Å²) in [6, 6.07) is 2.45. The maximum absolute atomic E-state index is 9.17. The summed E-state index contributed by atoms with van der Waals surface area (Å²) < 4.78 is 0. The lowest BCUT2D eigenvalue weighted by Crippen LogP contribution is -2.46. The molecule has 0 amide bonds. The molecule has 1 aliphatic rings. The summed E-state index contributed by atoms with van der Waals surface area (Å²) >= 11 is 2.02. The number of thioether (sulfide) groups is 1. The van der Waals surface area contributed by atoms with E-state index in [1.54, 1.807) is 0 Å². The molecule has 0 heterocycles. The fourth-order valence-corrected chi connectivity index (χ4v) is 3.56. The number of hydrogen-bond acceptors (Lipinski definition) is 3. The Labute approximate surface area is 91.4 Å². The Bertz CT molecular complexity index is 222. The van der Waals surface area contributed by atoms with Crippen LogP contribution in [0.25, 0.3) is 0 Å². The van der Waals surface area contributed by atoms with Gasteiger partial charge in [0.1, 0.15) is 5.54 Å². The molecule has 0 aromatic rings. The number of rotatable bonds is 3. The van der Waals surface area contributed by atoms with Crippen molar-refractivity contribution in [3.8, 4) is 6.07 Å². The first-order valence-corrected chi connectivity index (χ1v) is 6.32. The van der Waals surface area contributed by atoms with Crippen LogP contribution in [-0.2, 0) is 0 Å². The molecule has 0 aromatic heterocycles. The van der Waals surface area contributed by atoms with Gasteiger partial charge in [-0.25, -0.2) is 0 Å². The highest BCUT2D eigenvalue weighted by Crippen LogP contribution is 2.36. The Morgan fingerprint density at radius 3 is 2.79 bits per heavy atom. The second-order valence-corrected chi connectivity index (χ2v) is 6.23. The number of nitrogens with zero attached hydrogens (tertiary/aromatic N) is 1. The summed E-state index contributed by atoms with van der Waals surface area (Å²) in [5.41, 5.74) is -0.245. The van der Waals surface area contributed by atoms with Gasteiger partial charge in [-0.05, 0) is 38.0 Å². The molecule has 1 N–H and O–H groups in total. The highest BCUT2D eigenvalue weighted by molar-refractivity contribution is 8.00. The van der Waals surface area contributed by atoms with E-state index in [-0.39, 0.29) is 5.54 Å². The molecule has 1 saturated carbocycles. The van der Waals surface area contributed by atoms with Crippen molar-refractivity contribution in [2.24, 2.45) is 0 Å². The summed E-state index contributed by atoms with van der Waals surface area (Å²) in [7, 11) is 1.91. The van der Waals surface area contributed by atoms with Gasteiger partial charge in [-0.1, -0.05) is 13.8 Å². The van der Waals surface area contributed by atoms with Gasteiger partial charge in [0.2, 0.25) is 0 Å². The van der Waals surface area contributed by atoms with Crippen LogP contribution in [0.2, 0.25) is 0 Å². The first-order chi connectivity index (χ1) is 6.62. The molecule has 2 atom stereocenters. The smallest absolute Gasteiger partial charge is 0.107 e. The van der Waals surface area contributed by atoms with Gasteiger partial charge in [0.05, 0.1) is 6.07 Å². The highest BCUT2D eigenvalue weighted by Gasteiger charge is 2.35. The molecule has 0 aromatic carbocycles. The zero-order chi connectivity index (χ0) is 10.6. The van der Waals surface area contributed by atoms with Crippen LogP contribution in [0, 0.1) is 11.3 Å². The van der Waals surface area contributed by atoms with E-state index in [0.717, 1.165) is 12.8 Å². The van der Waals surface area contributed by atoms with Crippen molar-refractivity contribution in [1.82, 2.24) is 5.32 Å². The van der Waals surface area contributed by atoms with Gasteiger partial charge < -0.3 is 5.32 Å². The van der Waals surface area contributed by atoms with Crippen molar-refractivity contribution in [2.45, 2.75) is 55.6 Å². The molecule has 0 saturated heterocycles. The largest absolute Gasteiger partial charge is 0.302 e. The maximum Gasteiger partial charge on any atom is 0.107 e. The van der Waals surface area contributed by atoms with E-state index in [1.165, 1.54) is 12.8 Å². The minimum absolute atomic E-state index is 0.245. The van der Waals surface area contributed by atoms with Gasteiger partial charge in [0.25, 0.3) is 0 Å². The third kappa shape index (κ3) is 2.90. The van der Waals surface area contributed by atoms with Crippen molar-refractivity contribution < 1.29 is 0 Å². The molecule has 14 heavy (non-hydrogen) atoms. The number of nitriles is 1. The lowest BCUT2D eigenvalue weighted by molar-refractivity contribution is 0.323. The fourth-order valence-electron chi connectivity index (χ4n) is 2.11. The van der Waals surface area contributed by atoms with E-state index in [4.69, 9.17) is 0 Å². The van der Waals surface area contributed by atoms with Gasteiger partial charge in [0.15, 0.2) is 0 Å². The Morgan fingerprint density at radius 2 is 2.29 bits per heavy atom. The maximum atomic E-state index is 9.17. The zero-order valence-electron chi connectivity index (χ0n) is 9.34. The number of nitrogens with one attached hydrogen (secondary N) is 1. The van der Waals surface area contributed by atoms with Crippen molar-refractivity contribution in [1.29, 1.82) is 5.26 Å². The average Bonchev–Trinajstić information content (AvgIpc) is 2.17. The van der Waals surface area contributed by atoms with Crippen LogP contribution in [-0.4, -0.2) is 23.1 Å². The lowest BCUT2D eigenvalue weighted by atomic mass is 9.83. The fraction of sp³-hybridized carbons (Fsp3) is 0.909. The van der Waals surface area contributed by atoms with Crippen LogP contribution in [0.1, 0.15) is 39.5 Å². The molecule has 2 unspecified atom stereocenters. The highest BCUT2D eigenvalue weighted by atomic mass is 32.2. The summed E-state index contributed by atoms with van der Waals surface area (Å²) in [4.78, 5) is 0. The van der Waals surface area contributed by atoms with Crippen molar-refractivity contribution in [3.05, 3.63) is 0 Å². The minimum Gasteiger partial charge on any atom is -0.302 e. The molecule has 80 valence electrons. The molecule has 3 heteroatoms. The van der Waals surface area contributed by atoms with Gasteiger partial charge in [-0.2, -0.15) is 17.0 Å². The van der Waals surface area contributed by atoms with E-state index in [9.17, 15) is 5.26 Å². The van der Waals surface area contributed by atoms with E-state index < -0.39 is 0 Å². The van der Waals surface area contributed by atoms with Gasteiger partial charge in [-0.15, -0.1) is 0 Å². The first kappa shape index (κ1) is 11.9. The van der Waals surface area contributed by atoms with Crippen LogP contribution < -0.4 is 5.32 Å². The SMILES string of the molecule is CNC1(C#N)CCCC(SC(C)C)C1. The molecule has 1 aliphatic carbocycles. The predicted molar refractivity (Wildman–Crippen MR) is 62.4 cm³/mol. The van der Waals surface area contributed by atoms with E-state index in [0.29, 0.717) is 10.5 Å². The Hall–Kier alpha value is -0.200. The van der Waals surface area contributed by atoms with Gasteiger partial charge in [0, 0.05) is 5.25 Å². The molecule has 0 spiro atoms. The predicted octanol–water partition coefficient (Wildman–Crippen LogP) is 2.55. The van der Waals surface area contributed by atoms with Crippen LogP contribution in [0.3, 0.4) is 0 Å². The monoisotopic (exact) mass is 212 g/mol. The molecule has 1 fully saturated rings. The van der Waals surface area contributed by atoms with Crippen LogP contribution in [0.4, 0.5) is 0 Å². The lowest BCUT2D eigenvalue weighted by Gasteiger charge is -2.35. The summed E-state index contributed by atoms with van der Waals surface area (Å²) in [6.45, 7) is 4.46. The van der Waals surface area contributed by atoms with E-state index in [2.05, 4.69) is 25.2 Å². The quantitative estimate of drug-likeness (QED) is 0.781. The van der Waals surface area contributed by atoms with E-state index in [1.807, 2.05) is 18.8 Å². The average molecular weight is 212 g/mol. The third-order valence-electron chi connectivity index (χ3n) is 2.86. The molecule has 0 aliphatic heterocycles. The van der Waals surface area contributed by atoms with Crippen LogP contribution in [0.15, 0.2) is 0 Å². The molecule has 0 bridgehead atoms. The molecule has 2 nitrogen and oxygen atoms in total. The minimum atomic E-state index is -0.245. The number of hydrogen-bond donors (Lipinski definition) is 1. The topological polar surface area (TPSA) is 35.8 Å². The molecular weight excluding hydrogens is 192 g/mol. The second kappa shape index (κ2) is 5.04. The summed E-state index contributed by atoms with van der Waals surface area (Å²) in [5, 5.41) is 13.7. The Morgan fingerprint density at radius 1 is 1.57 bits per heavy atom.